The van der Waals surface area contributed by atoms with Crippen LogP contribution in [-0.2, 0) is 6.42 Å². The van der Waals surface area contributed by atoms with Crippen molar-refractivity contribution in [2.45, 2.75) is 37.1 Å². The summed E-state index contributed by atoms with van der Waals surface area (Å²) in [7, 11) is 0. The Balaban J connectivity index is 1.81. The molecule has 1 nitrogen and oxygen atoms in total. The van der Waals surface area contributed by atoms with Crippen LogP contribution in [0.5, 0.6) is 0 Å². The fourth-order valence-electron chi connectivity index (χ4n) is 2.10. The Bertz CT molecular complexity index is 496. The second kappa shape index (κ2) is 9.23. The van der Waals surface area contributed by atoms with E-state index in [0.717, 1.165) is 36.5 Å². The molecule has 114 valence electrons. The van der Waals surface area contributed by atoms with Gasteiger partial charge in [-0.25, -0.2) is 4.39 Å². The third kappa shape index (κ3) is 6.20. The predicted molar refractivity (Wildman–Crippen MR) is 91.8 cm³/mol. The minimum Gasteiger partial charge on any atom is -0.313 e. The first kappa shape index (κ1) is 16.5. The summed E-state index contributed by atoms with van der Waals surface area (Å²) in [6, 6.07) is 9.48. The summed E-state index contributed by atoms with van der Waals surface area (Å²) in [5.74, 6) is 0.855. The van der Waals surface area contributed by atoms with Crippen molar-refractivity contribution >= 4 is 23.1 Å². The van der Waals surface area contributed by atoms with Gasteiger partial charge in [0, 0.05) is 16.7 Å². The van der Waals surface area contributed by atoms with Crippen LogP contribution in [0.1, 0.15) is 25.3 Å². The lowest BCUT2D eigenvalue weighted by Gasteiger charge is -2.18. The normalized spacial score (nSPS) is 12.5. The minimum absolute atomic E-state index is 0.169. The maximum Gasteiger partial charge on any atom is 0.123 e. The minimum atomic E-state index is -0.169. The number of halogens is 1. The van der Waals surface area contributed by atoms with Gasteiger partial charge in [0.25, 0.3) is 0 Å². The van der Waals surface area contributed by atoms with Gasteiger partial charge >= 0.3 is 0 Å². The third-order valence-electron chi connectivity index (χ3n) is 3.31. The highest BCUT2D eigenvalue weighted by Crippen LogP contribution is 2.20. The van der Waals surface area contributed by atoms with Crippen LogP contribution in [0.25, 0.3) is 0 Å². The van der Waals surface area contributed by atoms with E-state index in [-0.39, 0.29) is 5.82 Å². The first-order chi connectivity index (χ1) is 10.3. The molecule has 0 saturated carbocycles. The molecule has 2 aromatic rings. The van der Waals surface area contributed by atoms with Gasteiger partial charge in [-0.15, -0.1) is 11.8 Å². The van der Waals surface area contributed by atoms with Crippen molar-refractivity contribution in [2.24, 2.45) is 0 Å². The van der Waals surface area contributed by atoms with E-state index >= 15 is 0 Å². The fourth-order valence-corrected chi connectivity index (χ4v) is 3.81. The van der Waals surface area contributed by atoms with E-state index in [4.69, 9.17) is 0 Å². The molecule has 0 aliphatic heterocycles. The molecule has 1 heterocycles. The number of rotatable bonds is 9. The zero-order valence-electron chi connectivity index (χ0n) is 12.3. The van der Waals surface area contributed by atoms with Gasteiger partial charge in [0.05, 0.1) is 0 Å². The summed E-state index contributed by atoms with van der Waals surface area (Å²) >= 11 is 3.56. The molecule has 4 heteroatoms. The van der Waals surface area contributed by atoms with Crippen LogP contribution in [0.4, 0.5) is 4.39 Å². The van der Waals surface area contributed by atoms with Gasteiger partial charge in [-0.1, -0.05) is 6.92 Å². The molecule has 1 unspecified atom stereocenters. The van der Waals surface area contributed by atoms with Gasteiger partial charge in [0.1, 0.15) is 5.82 Å². The van der Waals surface area contributed by atoms with Crippen molar-refractivity contribution in [3.8, 4) is 0 Å². The first-order valence-corrected chi connectivity index (χ1v) is 9.33. The maximum absolute atomic E-state index is 12.9. The second-order valence-electron chi connectivity index (χ2n) is 5.09. The van der Waals surface area contributed by atoms with Gasteiger partial charge in [0.15, 0.2) is 0 Å². The van der Waals surface area contributed by atoms with E-state index in [0.29, 0.717) is 6.04 Å². The zero-order valence-corrected chi connectivity index (χ0v) is 14.0. The van der Waals surface area contributed by atoms with E-state index in [2.05, 4.69) is 29.1 Å². The van der Waals surface area contributed by atoms with Crippen LogP contribution in [0, 0.1) is 5.82 Å². The Hall–Kier alpha value is -0.840. The van der Waals surface area contributed by atoms with Crippen molar-refractivity contribution < 1.29 is 4.39 Å². The summed E-state index contributed by atoms with van der Waals surface area (Å²) < 4.78 is 12.9. The fraction of sp³-hybridized carbons (Fsp3) is 0.412. The van der Waals surface area contributed by atoms with Crippen molar-refractivity contribution in [3.05, 3.63) is 52.5 Å². The van der Waals surface area contributed by atoms with E-state index in [1.807, 2.05) is 12.1 Å². The summed E-state index contributed by atoms with van der Waals surface area (Å²) in [6.45, 7) is 3.24. The zero-order chi connectivity index (χ0) is 14.9. The maximum atomic E-state index is 12.9. The van der Waals surface area contributed by atoms with Crippen LogP contribution in [-0.4, -0.2) is 18.3 Å². The molecule has 2 rings (SSSR count). The lowest BCUT2D eigenvalue weighted by molar-refractivity contribution is 0.520. The Morgan fingerprint density at radius 3 is 2.71 bits per heavy atom. The lowest BCUT2D eigenvalue weighted by atomic mass is 10.1. The highest BCUT2D eigenvalue weighted by molar-refractivity contribution is 7.99. The summed E-state index contributed by atoms with van der Waals surface area (Å²) in [5.41, 5.74) is 1.43. The van der Waals surface area contributed by atoms with Crippen LogP contribution >= 0.6 is 23.1 Å². The predicted octanol–water partition coefficient (Wildman–Crippen LogP) is 4.98. The van der Waals surface area contributed by atoms with Gasteiger partial charge < -0.3 is 5.32 Å². The molecule has 0 amide bonds. The van der Waals surface area contributed by atoms with Gasteiger partial charge in [-0.3, -0.25) is 0 Å². The third-order valence-corrected chi connectivity index (χ3v) is 5.22. The topological polar surface area (TPSA) is 12.0 Å². The Morgan fingerprint density at radius 2 is 2.05 bits per heavy atom. The van der Waals surface area contributed by atoms with Gasteiger partial charge in [-0.05, 0) is 72.5 Å². The molecule has 21 heavy (non-hydrogen) atoms. The molecule has 0 radical (unpaired) electrons. The molecular weight excluding hydrogens is 301 g/mol. The monoisotopic (exact) mass is 323 g/mol. The van der Waals surface area contributed by atoms with Crippen LogP contribution in [0.2, 0.25) is 0 Å². The molecule has 0 bridgehead atoms. The number of benzene rings is 1. The number of aryl methyl sites for hydroxylation is 1. The lowest BCUT2D eigenvalue weighted by Crippen LogP contribution is -2.32. The quantitative estimate of drug-likeness (QED) is 0.653. The number of thioether (sulfide) groups is 1. The number of thiophene rings is 1. The van der Waals surface area contributed by atoms with E-state index in [1.165, 1.54) is 17.7 Å². The largest absolute Gasteiger partial charge is 0.313 e. The molecule has 1 aromatic carbocycles. The summed E-state index contributed by atoms with van der Waals surface area (Å²) in [4.78, 5) is 1.13. The number of hydrogen-bond donors (Lipinski definition) is 1. The van der Waals surface area contributed by atoms with Crippen molar-refractivity contribution in [1.29, 1.82) is 0 Å². The standard InChI is InChI=1S/C17H22FNS2/c1-2-10-19-16(6-3-14-9-11-20-12-14)13-21-17-7-4-15(18)5-8-17/h4-5,7-9,11-12,16,19H,2-3,6,10,13H2,1H3. The second-order valence-corrected chi connectivity index (χ2v) is 6.96. The van der Waals surface area contributed by atoms with Crippen LogP contribution < -0.4 is 5.32 Å². The first-order valence-electron chi connectivity index (χ1n) is 7.40. The number of nitrogens with one attached hydrogen (secondary N) is 1. The van der Waals surface area contributed by atoms with Gasteiger partial charge in [-0.2, -0.15) is 11.3 Å². The van der Waals surface area contributed by atoms with Crippen LogP contribution in [0.15, 0.2) is 46.0 Å². The SMILES string of the molecule is CCCNC(CCc1ccsc1)CSc1ccc(F)cc1. The molecule has 0 aliphatic rings. The molecule has 1 atom stereocenters. The average Bonchev–Trinajstić information content (AvgIpc) is 3.01. The summed E-state index contributed by atoms with van der Waals surface area (Å²) in [6.07, 6.45) is 3.41. The Labute approximate surface area is 135 Å². The van der Waals surface area contributed by atoms with E-state index in [1.54, 1.807) is 23.1 Å². The Kier molecular flexibility index (Phi) is 7.27. The molecule has 1 aromatic heterocycles. The molecule has 0 saturated heterocycles. The molecule has 0 spiro atoms. The average molecular weight is 324 g/mol. The molecule has 0 aliphatic carbocycles. The highest BCUT2D eigenvalue weighted by atomic mass is 32.2. The van der Waals surface area contributed by atoms with Gasteiger partial charge in [0.2, 0.25) is 0 Å². The van der Waals surface area contributed by atoms with E-state index in [9.17, 15) is 4.39 Å². The smallest absolute Gasteiger partial charge is 0.123 e. The molecule has 1 N–H and O–H groups in total. The van der Waals surface area contributed by atoms with Crippen LogP contribution in [0.3, 0.4) is 0 Å². The molecule has 0 fully saturated rings. The Morgan fingerprint density at radius 1 is 1.24 bits per heavy atom. The molecular formula is C17H22FNS2. The highest BCUT2D eigenvalue weighted by Gasteiger charge is 2.09. The summed E-state index contributed by atoms with van der Waals surface area (Å²) in [5, 5.41) is 7.98. The van der Waals surface area contributed by atoms with Crippen molar-refractivity contribution in [3.63, 3.8) is 0 Å². The van der Waals surface area contributed by atoms with Crippen molar-refractivity contribution in [1.82, 2.24) is 5.32 Å². The van der Waals surface area contributed by atoms with Crippen molar-refractivity contribution in [2.75, 3.05) is 12.3 Å². The number of hydrogen-bond acceptors (Lipinski definition) is 3. The van der Waals surface area contributed by atoms with E-state index < -0.39 is 0 Å².